The van der Waals surface area contributed by atoms with Crippen LogP contribution in [0.1, 0.15) is 26.7 Å². The Labute approximate surface area is 86.8 Å². The smallest absolute Gasteiger partial charge is 0.221 e. The van der Waals surface area contributed by atoms with E-state index in [-0.39, 0.29) is 5.91 Å². The summed E-state index contributed by atoms with van der Waals surface area (Å²) in [5.74, 6) is 0.0463. The lowest BCUT2D eigenvalue weighted by Crippen LogP contribution is -2.37. The van der Waals surface area contributed by atoms with E-state index >= 15 is 0 Å². The summed E-state index contributed by atoms with van der Waals surface area (Å²) < 4.78 is 0. The highest BCUT2D eigenvalue weighted by molar-refractivity contribution is 5.75. The van der Waals surface area contributed by atoms with E-state index in [1.54, 1.807) is 0 Å². The van der Waals surface area contributed by atoms with E-state index in [0.29, 0.717) is 25.6 Å². The summed E-state index contributed by atoms with van der Waals surface area (Å²) >= 11 is 0. The van der Waals surface area contributed by atoms with Gasteiger partial charge in [-0.25, -0.2) is 0 Å². The fraction of sp³-hybridized carbons (Fsp3) is 0.900. The first-order valence-electron chi connectivity index (χ1n) is 5.28. The van der Waals surface area contributed by atoms with E-state index in [2.05, 4.69) is 31.1 Å². The summed E-state index contributed by atoms with van der Waals surface area (Å²) in [6, 6.07) is 0.571. The zero-order valence-corrected chi connectivity index (χ0v) is 9.55. The van der Waals surface area contributed by atoms with E-state index in [1.165, 1.54) is 0 Å². The molecule has 0 spiro atoms. The Balaban J connectivity index is 3.48. The summed E-state index contributed by atoms with van der Waals surface area (Å²) in [6.07, 6.45) is 1.56. The Bertz CT molecular complexity index is 161. The maximum Gasteiger partial charge on any atom is 0.221 e. The number of nitrogens with one attached hydrogen (secondary N) is 1. The molecule has 0 rings (SSSR count). The molecule has 14 heavy (non-hydrogen) atoms. The fourth-order valence-electron chi connectivity index (χ4n) is 1.12. The van der Waals surface area contributed by atoms with E-state index in [9.17, 15) is 4.79 Å². The first-order chi connectivity index (χ1) is 6.61. The van der Waals surface area contributed by atoms with Gasteiger partial charge in [0.25, 0.3) is 0 Å². The van der Waals surface area contributed by atoms with Crippen molar-refractivity contribution < 1.29 is 4.79 Å². The predicted octanol–water partition coefficient (Wildman–Crippen LogP) is 0.182. The molecule has 0 aliphatic heterocycles. The lowest BCUT2D eigenvalue weighted by molar-refractivity contribution is -0.120. The minimum atomic E-state index is 0.0463. The lowest BCUT2D eigenvalue weighted by atomic mass is 10.2. The molecular weight excluding hydrogens is 178 g/mol. The number of likely N-dealkylation sites (N-methyl/N-ethyl adjacent to an activating group) is 1. The minimum Gasteiger partial charge on any atom is -0.355 e. The van der Waals surface area contributed by atoms with Crippen molar-refractivity contribution in [2.75, 3.05) is 26.7 Å². The quantitative estimate of drug-likeness (QED) is 0.618. The summed E-state index contributed by atoms with van der Waals surface area (Å²) in [4.78, 5) is 13.3. The van der Waals surface area contributed by atoms with Gasteiger partial charge in [-0.05, 0) is 20.4 Å². The van der Waals surface area contributed by atoms with Gasteiger partial charge >= 0.3 is 0 Å². The van der Waals surface area contributed by atoms with Gasteiger partial charge in [-0.15, -0.1) is 0 Å². The van der Waals surface area contributed by atoms with Crippen LogP contribution in [-0.2, 0) is 4.79 Å². The maximum atomic E-state index is 11.1. The van der Waals surface area contributed by atoms with Crippen molar-refractivity contribution in [1.29, 1.82) is 0 Å². The molecule has 0 aliphatic rings. The largest absolute Gasteiger partial charge is 0.355 e. The molecule has 0 saturated heterocycles. The normalized spacial score (nSPS) is 12.9. The van der Waals surface area contributed by atoms with Crippen LogP contribution in [0.3, 0.4) is 0 Å². The molecule has 0 bridgehead atoms. The molecule has 1 amide bonds. The molecule has 3 N–H and O–H groups in total. The van der Waals surface area contributed by atoms with Crippen LogP contribution in [0.15, 0.2) is 0 Å². The molecule has 0 aromatic rings. The molecule has 0 fully saturated rings. The molecule has 1 atom stereocenters. The van der Waals surface area contributed by atoms with Gasteiger partial charge in [0.1, 0.15) is 0 Å². The highest BCUT2D eigenvalue weighted by Crippen LogP contribution is 1.97. The van der Waals surface area contributed by atoms with Gasteiger partial charge in [0.05, 0.1) is 0 Å². The van der Waals surface area contributed by atoms with Gasteiger partial charge in [-0.1, -0.05) is 6.92 Å². The molecule has 0 saturated carbocycles. The summed E-state index contributed by atoms with van der Waals surface area (Å²) in [5.41, 5.74) is 5.26. The molecule has 1 unspecified atom stereocenters. The zero-order chi connectivity index (χ0) is 11.0. The Morgan fingerprint density at radius 1 is 1.57 bits per heavy atom. The molecule has 4 heteroatoms. The van der Waals surface area contributed by atoms with Crippen molar-refractivity contribution in [3.05, 3.63) is 0 Å². The van der Waals surface area contributed by atoms with Crippen LogP contribution in [0.5, 0.6) is 0 Å². The molecule has 84 valence electrons. The van der Waals surface area contributed by atoms with Gasteiger partial charge in [0, 0.05) is 32.1 Å². The van der Waals surface area contributed by atoms with Crippen molar-refractivity contribution >= 4 is 5.91 Å². The van der Waals surface area contributed by atoms with Crippen LogP contribution in [0.25, 0.3) is 0 Å². The number of rotatable bonds is 7. The molecule has 0 radical (unpaired) electrons. The minimum absolute atomic E-state index is 0.0463. The van der Waals surface area contributed by atoms with Crippen molar-refractivity contribution in [3.63, 3.8) is 0 Å². The SMILES string of the molecule is CCC(C)N(C)CCNC(=O)CCN. The van der Waals surface area contributed by atoms with Gasteiger partial charge < -0.3 is 16.0 Å². The van der Waals surface area contributed by atoms with Crippen LogP contribution < -0.4 is 11.1 Å². The van der Waals surface area contributed by atoms with E-state index in [0.717, 1.165) is 13.0 Å². The molecule has 0 aliphatic carbocycles. The molecule has 0 aromatic heterocycles. The predicted molar refractivity (Wildman–Crippen MR) is 59.1 cm³/mol. The summed E-state index contributed by atoms with van der Waals surface area (Å²) in [7, 11) is 2.07. The second-order valence-corrected chi connectivity index (χ2v) is 3.63. The number of carbonyl (C=O) groups excluding carboxylic acids is 1. The van der Waals surface area contributed by atoms with Gasteiger partial charge in [-0.3, -0.25) is 4.79 Å². The van der Waals surface area contributed by atoms with Crippen molar-refractivity contribution in [1.82, 2.24) is 10.2 Å². The molecular formula is C10H23N3O. The lowest BCUT2D eigenvalue weighted by Gasteiger charge is -2.23. The van der Waals surface area contributed by atoms with E-state index < -0.39 is 0 Å². The number of nitrogens with zero attached hydrogens (tertiary/aromatic N) is 1. The first-order valence-corrected chi connectivity index (χ1v) is 5.28. The average molecular weight is 201 g/mol. The summed E-state index contributed by atoms with van der Waals surface area (Å²) in [5, 5.41) is 2.83. The molecule has 0 aromatic carbocycles. The number of hydrogen-bond donors (Lipinski definition) is 2. The molecule has 0 heterocycles. The third-order valence-corrected chi connectivity index (χ3v) is 2.50. The van der Waals surface area contributed by atoms with Crippen LogP contribution in [0.2, 0.25) is 0 Å². The number of amides is 1. The van der Waals surface area contributed by atoms with Crippen LogP contribution in [0, 0.1) is 0 Å². The monoisotopic (exact) mass is 201 g/mol. The van der Waals surface area contributed by atoms with E-state index in [1.807, 2.05) is 0 Å². The Morgan fingerprint density at radius 2 is 2.21 bits per heavy atom. The van der Waals surface area contributed by atoms with E-state index in [4.69, 9.17) is 5.73 Å². The van der Waals surface area contributed by atoms with Crippen LogP contribution in [-0.4, -0.2) is 43.5 Å². The first kappa shape index (κ1) is 13.4. The zero-order valence-electron chi connectivity index (χ0n) is 9.55. The maximum absolute atomic E-state index is 11.1. The highest BCUT2D eigenvalue weighted by Gasteiger charge is 2.06. The van der Waals surface area contributed by atoms with Crippen molar-refractivity contribution in [2.24, 2.45) is 5.73 Å². The Kier molecular flexibility index (Phi) is 7.42. The van der Waals surface area contributed by atoms with Crippen molar-refractivity contribution in [2.45, 2.75) is 32.7 Å². The van der Waals surface area contributed by atoms with Gasteiger partial charge in [0.15, 0.2) is 0 Å². The number of carbonyl (C=O) groups is 1. The van der Waals surface area contributed by atoms with Gasteiger partial charge in [0.2, 0.25) is 5.91 Å². The van der Waals surface area contributed by atoms with Crippen LogP contribution >= 0.6 is 0 Å². The fourth-order valence-corrected chi connectivity index (χ4v) is 1.12. The molecule has 4 nitrogen and oxygen atoms in total. The van der Waals surface area contributed by atoms with Crippen LogP contribution in [0.4, 0.5) is 0 Å². The topological polar surface area (TPSA) is 58.4 Å². The standard InChI is InChI=1S/C10H23N3O/c1-4-9(2)13(3)8-7-12-10(14)5-6-11/h9H,4-8,11H2,1-3H3,(H,12,14). The van der Waals surface area contributed by atoms with Crippen molar-refractivity contribution in [3.8, 4) is 0 Å². The second-order valence-electron chi connectivity index (χ2n) is 3.63. The third-order valence-electron chi connectivity index (χ3n) is 2.50. The third kappa shape index (κ3) is 5.94. The number of nitrogens with two attached hydrogens (primary N) is 1. The summed E-state index contributed by atoms with van der Waals surface area (Å²) in [6.45, 7) is 6.37. The highest BCUT2D eigenvalue weighted by atomic mass is 16.1. The Hall–Kier alpha value is -0.610. The number of hydrogen-bond acceptors (Lipinski definition) is 3. The second kappa shape index (κ2) is 7.76. The average Bonchev–Trinajstić information content (AvgIpc) is 2.16. The van der Waals surface area contributed by atoms with Gasteiger partial charge in [-0.2, -0.15) is 0 Å². The Morgan fingerprint density at radius 3 is 2.71 bits per heavy atom.